The fraction of sp³-hybridized carbons (Fsp3) is 0.556. The van der Waals surface area contributed by atoms with Crippen molar-refractivity contribution in [2.45, 2.75) is 31.7 Å². The minimum Gasteiger partial charge on any atom is -0.452 e. The summed E-state index contributed by atoms with van der Waals surface area (Å²) in [5.41, 5.74) is 0.0778. The van der Waals surface area contributed by atoms with Crippen molar-refractivity contribution in [3.63, 3.8) is 0 Å². The van der Waals surface area contributed by atoms with E-state index in [1.165, 1.54) is 28.6 Å². The first-order valence-corrected chi connectivity index (χ1v) is 10.3. The largest absolute Gasteiger partial charge is 0.452 e. The summed E-state index contributed by atoms with van der Waals surface area (Å²) in [7, 11) is -3.71. The summed E-state index contributed by atoms with van der Waals surface area (Å²) in [6.07, 6.45) is 0. The summed E-state index contributed by atoms with van der Waals surface area (Å²) >= 11 is 0. The van der Waals surface area contributed by atoms with Gasteiger partial charge in [0.15, 0.2) is 6.61 Å². The molecule has 0 aliphatic carbocycles. The SMILES string of the molecule is CC(C)[C@H](C)NC(=O)COC(=O)c1cccc(S(=O)(=O)N2CCOCC2)c1. The van der Waals surface area contributed by atoms with Gasteiger partial charge in [-0.3, -0.25) is 4.79 Å². The van der Waals surface area contributed by atoms with Gasteiger partial charge < -0.3 is 14.8 Å². The molecule has 9 heteroatoms. The molecule has 0 bridgehead atoms. The van der Waals surface area contributed by atoms with Crippen LogP contribution in [0.2, 0.25) is 0 Å². The van der Waals surface area contributed by atoms with Crippen LogP contribution < -0.4 is 5.32 Å². The number of carbonyl (C=O) groups is 2. The maximum Gasteiger partial charge on any atom is 0.338 e. The van der Waals surface area contributed by atoms with Gasteiger partial charge in [-0.2, -0.15) is 4.31 Å². The molecule has 0 unspecified atom stereocenters. The summed E-state index contributed by atoms with van der Waals surface area (Å²) in [5, 5.41) is 2.73. The molecular formula is C18H26N2O6S. The van der Waals surface area contributed by atoms with Crippen molar-refractivity contribution in [1.82, 2.24) is 9.62 Å². The predicted molar refractivity (Wildman–Crippen MR) is 98.7 cm³/mol. The standard InChI is InChI=1S/C18H26N2O6S/c1-13(2)14(3)19-17(21)12-26-18(22)15-5-4-6-16(11-15)27(23,24)20-7-9-25-10-8-20/h4-6,11,13-14H,7-10,12H2,1-3H3,(H,19,21)/t14-/m0/s1. The number of benzene rings is 1. The molecule has 1 amide bonds. The number of hydrogen-bond donors (Lipinski definition) is 1. The van der Waals surface area contributed by atoms with Crippen molar-refractivity contribution in [3.8, 4) is 0 Å². The van der Waals surface area contributed by atoms with E-state index in [0.29, 0.717) is 13.2 Å². The van der Waals surface area contributed by atoms with Crippen LogP contribution in [0.5, 0.6) is 0 Å². The molecule has 1 aliphatic heterocycles. The summed E-state index contributed by atoms with van der Waals surface area (Å²) in [6.45, 7) is 6.60. The molecule has 150 valence electrons. The first-order chi connectivity index (χ1) is 12.7. The lowest BCUT2D eigenvalue weighted by atomic mass is 10.1. The summed E-state index contributed by atoms with van der Waals surface area (Å²) in [4.78, 5) is 24.0. The van der Waals surface area contributed by atoms with Crippen LogP contribution in [0.25, 0.3) is 0 Å². The minimum absolute atomic E-state index is 0.0109. The number of hydrogen-bond acceptors (Lipinski definition) is 6. The Hall–Kier alpha value is -1.97. The van der Waals surface area contributed by atoms with Gasteiger partial charge in [0.05, 0.1) is 23.7 Å². The van der Waals surface area contributed by atoms with Crippen molar-refractivity contribution in [3.05, 3.63) is 29.8 Å². The van der Waals surface area contributed by atoms with Gasteiger partial charge in [-0.15, -0.1) is 0 Å². The van der Waals surface area contributed by atoms with Gasteiger partial charge in [0.2, 0.25) is 10.0 Å². The highest BCUT2D eigenvalue weighted by atomic mass is 32.2. The van der Waals surface area contributed by atoms with Crippen molar-refractivity contribution >= 4 is 21.9 Å². The van der Waals surface area contributed by atoms with Gasteiger partial charge in [-0.05, 0) is 31.0 Å². The topological polar surface area (TPSA) is 102 Å². The average Bonchev–Trinajstić information content (AvgIpc) is 2.66. The Bertz CT molecular complexity index is 772. The molecule has 0 radical (unpaired) electrons. The van der Waals surface area contributed by atoms with E-state index >= 15 is 0 Å². The van der Waals surface area contributed by atoms with E-state index < -0.39 is 28.5 Å². The lowest BCUT2D eigenvalue weighted by Gasteiger charge is -2.26. The maximum absolute atomic E-state index is 12.7. The first kappa shape index (κ1) is 21.3. The third-order valence-corrected chi connectivity index (χ3v) is 6.30. The number of ether oxygens (including phenoxy) is 2. The van der Waals surface area contributed by atoms with Crippen LogP contribution in [-0.2, 0) is 24.3 Å². The highest BCUT2D eigenvalue weighted by molar-refractivity contribution is 7.89. The van der Waals surface area contributed by atoms with E-state index in [0.717, 1.165) is 0 Å². The molecule has 0 spiro atoms. The predicted octanol–water partition coefficient (Wildman–Crippen LogP) is 1.03. The van der Waals surface area contributed by atoms with Gasteiger partial charge in [-0.1, -0.05) is 19.9 Å². The van der Waals surface area contributed by atoms with E-state index in [-0.39, 0.29) is 35.5 Å². The molecule has 0 saturated carbocycles. The fourth-order valence-corrected chi connectivity index (χ4v) is 3.85. The highest BCUT2D eigenvalue weighted by Gasteiger charge is 2.27. The molecule has 1 aliphatic rings. The average molecular weight is 398 g/mol. The molecule has 1 heterocycles. The summed E-state index contributed by atoms with van der Waals surface area (Å²) < 4.78 is 36.8. The van der Waals surface area contributed by atoms with Crippen molar-refractivity contribution in [1.29, 1.82) is 0 Å². The van der Waals surface area contributed by atoms with Crippen LogP contribution in [0.1, 0.15) is 31.1 Å². The van der Waals surface area contributed by atoms with Crippen molar-refractivity contribution < 1.29 is 27.5 Å². The lowest BCUT2D eigenvalue weighted by molar-refractivity contribution is -0.125. The normalized spacial score (nSPS) is 16.7. The Morgan fingerprint density at radius 1 is 1.22 bits per heavy atom. The second-order valence-corrected chi connectivity index (χ2v) is 8.66. The number of nitrogens with zero attached hydrogens (tertiary/aromatic N) is 1. The third-order valence-electron chi connectivity index (χ3n) is 4.40. The van der Waals surface area contributed by atoms with Crippen LogP contribution >= 0.6 is 0 Å². The zero-order valence-corrected chi connectivity index (χ0v) is 16.6. The van der Waals surface area contributed by atoms with E-state index in [1.54, 1.807) is 0 Å². The number of rotatable bonds is 7. The number of morpholine rings is 1. The summed E-state index contributed by atoms with van der Waals surface area (Å²) in [5.74, 6) is -0.894. The molecule has 0 aromatic heterocycles. The fourth-order valence-electron chi connectivity index (χ4n) is 2.40. The Kier molecular flexibility index (Phi) is 7.34. The molecule has 27 heavy (non-hydrogen) atoms. The number of esters is 1. The van der Waals surface area contributed by atoms with Crippen LogP contribution in [0, 0.1) is 5.92 Å². The van der Waals surface area contributed by atoms with Crippen molar-refractivity contribution in [2.75, 3.05) is 32.9 Å². The molecule has 2 rings (SSSR count). The molecule has 1 saturated heterocycles. The van der Waals surface area contributed by atoms with Crippen LogP contribution in [-0.4, -0.2) is 63.6 Å². The number of carbonyl (C=O) groups excluding carboxylic acids is 2. The van der Waals surface area contributed by atoms with Gasteiger partial charge in [0.25, 0.3) is 5.91 Å². The Balaban J connectivity index is 2.01. The van der Waals surface area contributed by atoms with Crippen LogP contribution in [0.3, 0.4) is 0 Å². The van der Waals surface area contributed by atoms with Crippen LogP contribution in [0.4, 0.5) is 0 Å². The van der Waals surface area contributed by atoms with E-state index in [1.807, 2.05) is 20.8 Å². The molecule has 1 fully saturated rings. The molecular weight excluding hydrogens is 372 g/mol. The van der Waals surface area contributed by atoms with Gasteiger partial charge in [-0.25, -0.2) is 13.2 Å². The molecule has 1 N–H and O–H groups in total. The van der Waals surface area contributed by atoms with Crippen LogP contribution in [0.15, 0.2) is 29.2 Å². The zero-order valence-electron chi connectivity index (χ0n) is 15.8. The highest BCUT2D eigenvalue weighted by Crippen LogP contribution is 2.18. The molecule has 8 nitrogen and oxygen atoms in total. The second-order valence-electron chi connectivity index (χ2n) is 6.72. The quantitative estimate of drug-likeness (QED) is 0.688. The minimum atomic E-state index is -3.71. The zero-order chi connectivity index (χ0) is 20.0. The number of sulfonamides is 1. The Morgan fingerprint density at radius 2 is 1.89 bits per heavy atom. The van der Waals surface area contributed by atoms with Gasteiger partial charge in [0, 0.05) is 19.1 Å². The smallest absolute Gasteiger partial charge is 0.338 e. The third kappa shape index (κ3) is 5.75. The van der Waals surface area contributed by atoms with Crippen molar-refractivity contribution in [2.24, 2.45) is 5.92 Å². The van der Waals surface area contributed by atoms with E-state index in [4.69, 9.17) is 9.47 Å². The van der Waals surface area contributed by atoms with E-state index in [9.17, 15) is 18.0 Å². The lowest BCUT2D eigenvalue weighted by Crippen LogP contribution is -2.40. The van der Waals surface area contributed by atoms with Gasteiger partial charge in [0.1, 0.15) is 0 Å². The molecule has 1 aromatic rings. The van der Waals surface area contributed by atoms with Gasteiger partial charge >= 0.3 is 5.97 Å². The monoisotopic (exact) mass is 398 g/mol. The molecule has 1 aromatic carbocycles. The number of nitrogens with one attached hydrogen (secondary N) is 1. The first-order valence-electron chi connectivity index (χ1n) is 8.86. The second kappa shape index (κ2) is 9.29. The maximum atomic E-state index is 12.7. The molecule has 1 atom stereocenters. The Morgan fingerprint density at radius 3 is 2.52 bits per heavy atom. The summed E-state index contributed by atoms with van der Waals surface area (Å²) in [6, 6.07) is 5.58. The van der Waals surface area contributed by atoms with E-state index in [2.05, 4.69) is 5.32 Å². The Labute approximate surface area is 159 Å². The number of amides is 1.